The molecular weight excluding hydrogens is 322 g/mol. The van der Waals surface area contributed by atoms with E-state index in [0.717, 1.165) is 13.2 Å². The third kappa shape index (κ3) is 4.85. The fourth-order valence-corrected chi connectivity index (χ4v) is 4.38. The highest BCUT2D eigenvalue weighted by Gasteiger charge is 2.18. The predicted octanol–water partition coefficient (Wildman–Crippen LogP) is 4.90. The highest BCUT2D eigenvalue weighted by molar-refractivity contribution is 9.10. The Kier molecular flexibility index (Phi) is 6.85. The molecule has 2 heterocycles. The average Bonchev–Trinajstić information content (AvgIpc) is 3.05. The summed E-state index contributed by atoms with van der Waals surface area (Å²) in [5, 5.41) is 5.84. The second kappa shape index (κ2) is 8.40. The van der Waals surface area contributed by atoms with Crippen LogP contribution in [0.25, 0.3) is 0 Å². The average molecular weight is 346 g/mol. The summed E-state index contributed by atoms with van der Waals surface area (Å²) < 4.78 is 6.96. The summed E-state index contributed by atoms with van der Waals surface area (Å²) in [6.45, 7) is 4.29. The summed E-state index contributed by atoms with van der Waals surface area (Å²) >= 11 is 5.51. The van der Waals surface area contributed by atoms with Gasteiger partial charge in [-0.25, -0.2) is 0 Å². The quantitative estimate of drug-likeness (QED) is 0.723. The van der Waals surface area contributed by atoms with E-state index in [1.165, 1.54) is 47.9 Å². The van der Waals surface area contributed by atoms with Crippen LogP contribution < -0.4 is 5.32 Å². The van der Waals surface area contributed by atoms with Crippen molar-refractivity contribution in [2.75, 3.05) is 13.2 Å². The lowest BCUT2D eigenvalue weighted by molar-refractivity contribution is 0.101. The van der Waals surface area contributed by atoms with E-state index >= 15 is 0 Å². The van der Waals surface area contributed by atoms with Crippen LogP contribution in [0, 0.1) is 0 Å². The first-order valence-electron chi connectivity index (χ1n) is 7.39. The fourth-order valence-electron chi connectivity index (χ4n) is 2.62. The molecule has 1 fully saturated rings. The Morgan fingerprint density at radius 1 is 1.58 bits per heavy atom. The van der Waals surface area contributed by atoms with Crippen LogP contribution in [-0.2, 0) is 4.74 Å². The van der Waals surface area contributed by atoms with Crippen molar-refractivity contribution in [3.05, 3.63) is 20.8 Å². The maximum atomic E-state index is 5.70. The molecule has 0 radical (unpaired) electrons. The maximum Gasteiger partial charge on any atom is 0.0576 e. The van der Waals surface area contributed by atoms with Gasteiger partial charge in [-0.3, -0.25) is 0 Å². The van der Waals surface area contributed by atoms with Crippen molar-refractivity contribution in [2.45, 2.75) is 57.6 Å². The molecule has 2 atom stereocenters. The van der Waals surface area contributed by atoms with Crippen molar-refractivity contribution >= 4 is 27.3 Å². The second-order valence-corrected chi connectivity index (χ2v) is 7.01. The van der Waals surface area contributed by atoms with E-state index in [9.17, 15) is 0 Å². The standard InChI is InChI=1S/C15H24BrNOS/c1-2-9-17-14(15-13(16)8-11-19-15)7-3-5-12-6-4-10-18-12/h8,11-12,14,17H,2-7,9-10H2,1H3. The number of hydrogen-bond donors (Lipinski definition) is 1. The summed E-state index contributed by atoms with van der Waals surface area (Å²) in [5.74, 6) is 0. The van der Waals surface area contributed by atoms with Crippen LogP contribution in [0.5, 0.6) is 0 Å². The van der Waals surface area contributed by atoms with Crippen molar-refractivity contribution in [1.82, 2.24) is 5.32 Å². The Labute approximate surface area is 129 Å². The molecule has 0 amide bonds. The molecule has 19 heavy (non-hydrogen) atoms. The van der Waals surface area contributed by atoms with Gasteiger partial charge in [0.25, 0.3) is 0 Å². The normalized spacial score (nSPS) is 20.8. The van der Waals surface area contributed by atoms with Gasteiger partial charge in [0.05, 0.1) is 6.10 Å². The first-order chi connectivity index (χ1) is 9.31. The molecule has 1 saturated heterocycles. The minimum atomic E-state index is 0.496. The molecule has 1 N–H and O–H groups in total. The molecule has 0 bridgehead atoms. The SMILES string of the molecule is CCCNC(CCCC1CCCO1)c1sccc1Br. The molecule has 2 rings (SSSR count). The van der Waals surface area contributed by atoms with Crippen LogP contribution in [0.1, 0.15) is 56.4 Å². The number of ether oxygens (including phenoxy) is 1. The van der Waals surface area contributed by atoms with E-state index in [0.29, 0.717) is 12.1 Å². The molecule has 1 aromatic heterocycles. The zero-order chi connectivity index (χ0) is 13.5. The van der Waals surface area contributed by atoms with Crippen LogP contribution >= 0.6 is 27.3 Å². The molecule has 108 valence electrons. The Morgan fingerprint density at radius 2 is 2.47 bits per heavy atom. The lowest BCUT2D eigenvalue weighted by Crippen LogP contribution is -2.22. The summed E-state index contributed by atoms with van der Waals surface area (Å²) in [6, 6.07) is 2.65. The molecule has 0 spiro atoms. The highest BCUT2D eigenvalue weighted by Crippen LogP contribution is 2.32. The predicted molar refractivity (Wildman–Crippen MR) is 85.9 cm³/mol. The molecule has 1 aliphatic heterocycles. The summed E-state index contributed by atoms with van der Waals surface area (Å²) in [7, 11) is 0. The molecular formula is C15H24BrNOS. The maximum absolute atomic E-state index is 5.70. The largest absolute Gasteiger partial charge is 0.378 e. The lowest BCUT2D eigenvalue weighted by Gasteiger charge is -2.19. The Morgan fingerprint density at radius 3 is 3.11 bits per heavy atom. The first-order valence-corrected chi connectivity index (χ1v) is 9.06. The van der Waals surface area contributed by atoms with Gasteiger partial charge in [-0.05, 0) is 72.4 Å². The number of rotatable bonds is 8. The van der Waals surface area contributed by atoms with E-state index in [4.69, 9.17) is 4.74 Å². The van der Waals surface area contributed by atoms with E-state index in [-0.39, 0.29) is 0 Å². The van der Waals surface area contributed by atoms with E-state index in [1.54, 1.807) is 0 Å². The van der Waals surface area contributed by atoms with Crippen molar-refractivity contribution < 1.29 is 4.74 Å². The van der Waals surface area contributed by atoms with Crippen LogP contribution in [0.15, 0.2) is 15.9 Å². The van der Waals surface area contributed by atoms with Gasteiger partial charge in [0.1, 0.15) is 0 Å². The summed E-state index contributed by atoms with van der Waals surface area (Å²) in [4.78, 5) is 1.45. The summed E-state index contributed by atoms with van der Waals surface area (Å²) in [5.41, 5.74) is 0. The number of halogens is 1. The number of nitrogens with one attached hydrogen (secondary N) is 1. The molecule has 1 aliphatic rings. The minimum absolute atomic E-state index is 0.496. The molecule has 0 aromatic carbocycles. The van der Waals surface area contributed by atoms with Gasteiger partial charge in [-0.2, -0.15) is 0 Å². The number of thiophene rings is 1. The molecule has 1 aromatic rings. The molecule has 2 unspecified atom stereocenters. The zero-order valence-corrected chi connectivity index (χ0v) is 14.1. The van der Waals surface area contributed by atoms with E-state index < -0.39 is 0 Å². The van der Waals surface area contributed by atoms with Crippen LogP contribution in [-0.4, -0.2) is 19.3 Å². The van der Waals surface area contributed by atoms with Gasteiger partial charge in [-0.15, -0.1) is 11.3 Å². The first kappa shape index (κ1) is 15.5. The van der Waals surface area contributed by atoms with Crippen molar-refractivity contribution in [2.24, 2.45) is 0 Å². The molecule has 4 heteroatoms. The Hall–Kier alpha value is 0.100. The fraction of sp³-hybridized carbons (Fsp3) is 0.733. The Bertz CT molecular complexity index is 363. The third-order valence-electron chi connectivity index (χ3n) is 3.64. The van der Waals surface area contributed by atoms with Crippen molar-refractivity contribution in [3.63, 3.8) is 0 Å². The third-order valence-corrected chi connectivity index (χ3v) is 5.63. The topological polar surface area (TPSA) is 21.3 Å². The van der Waals surface area contributed by atoms with Gasteiger partial charge in [-0.1, -0.05) is 6.92 Å². The smallest absolute Gasteiger partial charge is 0.0576 e. The van der Waals surface area contributed by atoms with Crippen LogP contribution in [0.4, 0.5) is 0 Å². The van der Waals surface area contributed by atoms with E-state index in [2.05, 4.69) is 39.6 Å². The van der Waals surface area contributed by atoms with Gasteiger partial charge in [0.15, 0.2) is 0 Å². The number of hydrogen-bond acceptors (Lipinski definition) is 3. The Balaban J connectivity index is 1.81. The highest BCUT2D eigenvalue weighted by atomic mass is 79.9. The van der Waals surface area contributed by atoms with Gasteiger partial charge in [0, 0.05) is 22.0 Å². The van der Waals surface area contributed by atoms with E-state index in [1.807, 2.05) is 11.3 Å². The monoisotopic (exact) mass is 345 g/mol. The van der Waals surface area contributed by atoms with Gasteiger partial charge >= 0.3 is 0 Å². The second-order valence-electron chi connectivity index (χ2n) is 5.21. The minimum Gasteiger partial charge on any atom is -0.378 e. The lowest BCUT2D eigenvalue weighted by atomic mass is 10.0. The van der Waals surface area contributed by atoms with Crippen LogP contribution in [0.2, 0.25) is 0 Å². The molecule has 2 nitrogen and oxygen atoms in total. The van der Waals surface area contributed by atoms with Gasteiger partial charge < -0.3 is 10.1 Å². The molecule has 0 saturated carbocycles. The van der Waals surface area contributed by atoms with Crippen molar-refractivity contribution in [1.29, 1.82) is 0 Å². The van der Waals surface area contributed by atoms with Gasteiger partial charge in [0.2, 0.25) is 0 Å². The summed E-state index contributed by atoms with van der Waals surface area (Å²) in [6.07, 6.45) is 7.89. The van der Waals surface area contributed by atoms with Crippen molar-refractivity contribution in [3.8, 4) is 0 Å². The molecule has 0 aliphatic carbocycles. The van der Waals surface area contributed by atoms with Crippen LogP contribution in [0.3, 0.4) is 0 Å². The zero-order valence-electron chi connectivity index (χ0n) is 11.7.